The van der Waals surface area contributed by atoms with E-state index in [0.29, 0.717) is 5.75 Å². The molecule has 7 heteroatoms. The van der Waals surface area contributed by atoms with Crippen molar-refractivity contribution in [2.24, 2.45) is 0 Å². The Labute approximate surface area is 149 Å². The molecule has 132 valence electrons. The Balaban J connectivity index is 1.87. The fourth-order valence-corrected chi connectivity index (χ4v) is 2.09. The number of hydrogen-bond donors (Lipinski definition) is 1. The Morgan fingerprint density at radius 2 is 1.84 bits per heavy atom. The van der Waals surface area contributed by atoms with Crippen molar-refractivity contribution in [2.45, 2.75) is 20.0 Å². The number of benzene rings is 2. The summed E-state index contributed by atoms with van der Waals surface area (Å²) in [5, 5.41) is 2.52. The second-order valence-corrected chi connectivity index (χ2v) is 5.88. The zero-order valence-electron chi connectivity index (χ0n) is 13.7. The Kier molecular flexibility index (Phi) is 6.36. The van der Waals surface area contributed by atoms with E-state index in [1.807, 2.05) is 13.8 Å². The number of halogens is 2. The predicted octanol–water partition coefficient (Wildman–Crippen LogP) is 4.06. The van der Waals surface area contributed by atoms with Crippen molar-refractivity contribution in [1.29, 1.82) is 0 Å². The summed E-state index contributed by atoms with van der Waals surface area (Å²) in [7, 11) is 0. The average molecular weight is 366 g/mol. The molecule has 0 fully saturated rings. The summed E-state index contributed by atoms with van der Waals surface area (Å²) in [6, 6.07) is 10.2. The SMILES string of the molecule is CC(C)Oc1ccc(C(=O)OCC(=O)Nc2ccc(Cl)cc2F)cc1. The number of amides is 1. The fraction of sp³-hybridized carbons (Fsp3) is 0.222. The van der Waals surface area contributed by atoms with Gasteiger partial charge in [0.1, 0.15) is 11.6 Å². The van der Waals surface area contributed by atoms with Gasteiger partial charge >= 0.3 is 5.97 Å². The molecule has 5 nitrogen and oxygen atoms in total. The van der Waals surface area contributed by atoms with Crippen LogP contribution < -0.4 is 10.1 Å². The predicted molar refractivity (Wildman–Crippen MR) is 92.5 cm³/mol. The molecule has 0 saturated heterocycles. The number of nitrogens with one attached hydrogen (secondary N) is 1. The quantitative estimate of drug-likeness (QED) is 0.784. The third kappa shape index (κ3) is 5.76. The topological polar surface area (TPSA) is 64.6 Å². The number of carbonyl (C=O) groups is 2. The van der Waals surface area contributed by atoms with Crippen LogP contribution in [0.5, 0.6) is 5.75 Å². The lowest BCUT2D eigenvalue weighted by Crippen LogP contribution is -2.21. The summed E-state index contributed by atoms with van der Waals surface area (Å²) in [6.07, 6.45) is 0.0229. The third-order valence-electron chi connectivity index (χ3n) is 3.00. The van der Waals surface area contributed by atoms with E-state index in [9.17, 15) is 14.0 Å². The smallest absolute Gasteiger partial charge is 0.338 e. The monoisotopic (exact) mass is 365 g/mol. The van der Waals surface area contributed by atoms with Gasteiger partial charge in [-0.2, -0.15) is 0 Å². The first-order valence-corrected chi connectivity index (χ1v) is 7.91. The Morgan fingerprint density at radius 1 is 1.16 bits per heavy atom. The largest absolute Gasteiger partial charge is 0.491 e. The highest BCUT2D eigenvalue weighted by Crippen LogP contribution is 2.19. The molecule has 2 aromatic carbocycles. The van der Waals surface area contributed by atoms with Gasteiger partial charge in [0.05, 0.1) is 17.4 Å². The minimum atomic E-state index is -0.673. The summed E-state index contributed by atoms with van der Waals surface area (Å²) >= 11 is 5.63. The van der Waals surface area contributed by atoms with Gasteiger partial charge in [-0.25, -0.2) is 9.18 Å². The van der Waals surface area contributed by atoms with Crippen molar-refractivity contribution in [3.63, 3.8) is 0 Å². The van der Waals surface area contributed by atoms with Gasteiger partial charge in [-0.15, -0.1) is 0 Å². The summed E-state index contributed by atoms with van der Waals surface area (Å²) in [4.78, 5) is 23.7. The van der Waals surface area contributed by atoms with E-state index in [1.54, 1.807) is 12.1 Å². The van der Waals surface area contributed by atoms with Crippen LogP contribution in [0.3, 0.4) is 0 Å². The molecule has 0 atom stereocenters. The maximum absolute atomic E-state index is 13.6. The van der Waals surface area contributed by atoms with Gasteiger partial charge in [0, 0.05) is 5.02 Å². The number of esters is 1. The minimum absolute atomic E-state index is 0.0229. The van der Waals surface area contributed by atoms with Crippen LogP contribution >= 0.6 is 11.6 Å². The van der Waals surface area contributed by atoms with Gasteiger partial charge in [0.15, 0.2) is 6.61 Å². The van der Waals surface area contributed by atoms with E-state index in [-0.39, 0.29) is 22.4 Å². The first-order valence-electron chi connectivity index (χ1n) is 7.54. The maximum Gasteiger partial charge on any atom is 0.338 e. The molecule has 0 heterocycles. The summed E-state index contributed by atoms with van der Waals surface area (Å²) in [6.45, 7) is 3.25. The van der Waals surface area contributed by atoms with Crippen molar-refractivity contribution >= 4 is 29.2 Å². The van der Waals surface area contributed by atoms with Crippen molar-refractivity contribution in [3.05, 3.63) is 58.9 Å². The molecule has 0 saturated carbocycles. The zero-order chi connectivity index (χ0) is 18.4. The summed E-state index contributed by atoms with van der Waals surface area (Å²) in [5.74, 6) is -1.37. The molecule has 1 N–H and O–H groups in total. The molecule has 0 aliphatic heterocycles. The van der Waals surface area contributed by atoms with Crippen molar-refractivity contribution in [3.8, 4) is 5.75 Å². The van der Waals surface area contributed by atoms with E-state index in [4.69, 9.17) is 21.1 Å². The molecule has 1 amide bonds. The molecule has 2 aromatic rings. The van der Waals surface area contributed by atoms with Crippen LogP contribution in [-0.4, -0.2) is 24.6 Å². The molecule has 25 heavy (non-hydrogen) atoms. The van der Waals surface area contributed by atoms with E-state index in [1.165, 1.54) is 24.3 Å². The van der Waals surface area contributed by atoms with Crippen LogP contribution in [0.15, 0.2) is 42.5 Å². The molecule has 0 radical (unpaired) electrons. The van der Waals surface area contributed by atoms with Gasteiger partial charge < -0.3 is 14.8 Å². The number of anilines is 1. The first kappa shape index (κ1) is 18.7. The van der Waals surface area contributed by atoms with Gasteiger partial charge in [0.25, 0.3) is 5.91 Å². The van der Waals surface area contributed by atoms with Crippen molar-refractivity contribution < 1.29 is 23.5 Å². The molecule has 0 aromatic heterocycles. The highest BCUT2D eigenvalue weighted by Gasteiger charge is 2.12. The maximum atomic E-state index is 13.6. The summed E-state index contributed by atoms with van der Waals surface area (Å²) in [5.41, 5.74) is 0.238. The first-order chi connectivity index (χ1) is 11.8. The molecule has 0 unspecified atom stereocenters. The van der Waals surface area contributed by atoms with Crippen LogP contribution in [-0.2, 0) is 9.53 Å². The molecule has 0 aliphatic carbocycles. The zero-order valence-corrected chi connectivity index (χ0v) is 14.5. The van der Waals surface area contributed by atoms with Crippen LogP contribution in [0.2, 0.25) is 5.02 Å². The highest BCUT2D eigenvalue weighted by atomic mass is 35.5. The Hall–Kier alpha value is -2.60. The normalized spacial score (nSPS) is 10.4. The molecule has 2 rings (SSSR count). The van der Waals surface area contributed by atoms with Gasteiger partial charge in [-0.1, -0.05) is 11.6 Å². The second kappa shape index (κ2) is 8.48. The lowest BCUT2D eigenvalue weighted by molar-refractivity contribution is -0.119. The van der Waals surface area contributed by atoms with E-state index >= 15 is 0 Å². The minimum Gasteiger partial charge on any atom is -0.491 e. The van der Waals surface area contributed by atoms with Crippen molar-refractivity contribution in [1.82, 2.24) is 0 Å². The van der Waals surface area contributed by atoms with Gasteiger partial charge in [-0.05, 0) is 56.3 Å². The summed E-state index contributed by atoms with van der Waals surface area (Å²) < 4.78 is 24.0. The fourth-order valence-electron chi connectivity index (χ4n) is 1.93. The lowest BCUT2D eigenvalue weighted by Gasteiger charge is -2.10. The van der Waals surface area contributed by atoms with Crippen LogP contribution in [0.25, 0.3) is 0 Å². The number of rotatable bonds is 6. The van der Waals surface area contributed by atoms with Crippen LogP contribution in [0.4, 0.5) is 10.1 Å². The lowest BCUT2D eigenvalue weighted by atomic mass is 10.2. The van der Waals surface area contributed by atoms with Crippen molar-refractivity contribution in [2.75, 3.05) is 11.9 Å². The standard InChI is InChI=1S/C18H17ClFNO4/c1-11(2)25-14-6-3-12(4-7-14)18(23)24-10-17(22)21-16-8-5-13(19)9-15(16)20/h3-9,11H,10H2,1-2H3,(H,21,22). The number of ether oxygens (including phenoxy) is 2. The molecule has 0 bridgehead atoms. The van der Waals surface area contributed by atoms with Crippen LogP contribution in [0, 0.1) is 5.82 Å². The Morgan fingerprint density at radius 3 is 2.44 bits per heavy atom. The third-order valence-corrected chi connectivity index (χ3v) is 3.24. The number of hydrogen-bond acceptors (Lipinski definition) is 4. The van der Waals surface area contributed by atoms with E-state index in [2.05, 4.69) is 5.32 Å². The average Bonchev–Trinajstić information content (AvgIpc) is 2.55. The van der Waals surface area contributed by atoms with Gasteiger partial charge in [-0.3, -0.25) is 4.79 Å². The Bertz CT molecular complexity index is 762. The highest BCUT2D eigenvalue weighted by molar-refractivity contribution is 6.30. The van der Waals surface area contributed by atoms with Crippen LogP contribution in [0.1, 0.15) is 24.2 Å². The molecule has 0 aliphatic rings. The second-order valence-electron chi connectivity index (χ2n) is 5.44. The van der Waals surface area contributed by atoms with Gasteiger partial charge in [0.2, 0.25) is 0 Å². The molecular formula is C18H17ClFNO4. The molecular weight excluding hydrogens is 349 g/mol. The van der Waals surface area contributed by atoms with E-state index in [0.717, 1.165) is 6.07 Å². The molecule has 0 spiro atoms. The number of carbonyl (C=O) groups excluding carboxylic acids is 2. The van der Waals surface area contributed by atoms with E-state index < -0.39 is 24.3 Å².